The zero-order chi connectivity index (χ0) is 21.1. The van der Waals surface area contributed by atoms with Crippen LogP contribution in [-0.4, -0.2) is 10.3 Å². The van der Waals surface area contributed by atoms with Crippen LogP contribution in [0.1, 0.15) is 0 Å². The third kappa shape index (κ3) is 996. The van der Waals surface area contributed by atoms with E-state index in [1.807, 2.05) is 0 Å². The molecule has 0 aromatic carbocycles. The third-order valence-electron chi connectivity index (χ3n) is 0. The van der Waals surface area contributed by atoms with Crippen LogP contribution in [-0.2, 0) is 19.5 Å². The van der Waals surface area contributed by atoms with E-state index in [1.54, 1.807) is 0 Å². The van der Waals surface area contributed by atoms with Crippen LogP contribution < -0.4 is 41.2 Å². The van der Waals surface area contributed by atoms with Crippen molar-refractivity contribution in [2.24, 2.45) is 38.4 Å². The van der Waals surface area contributed by atoms with Gasteiger partial charge in [0, 0.05) is 0 Å². The van der Waals surface area contributed by atoms with Crippen LogP contribution in [0.2, 0.25) is 0 Å². The number of nitrogens with two attached hydrogens (primary N) is 2. The summed E-state index contributed by atoms with van der Waals surface area (Å²) >= 11 is 2.31. The van der Waals surface area contributed by atoms with Gasteiger partial charge in [-0.3, -0.25) is 11.7 Å². The van der Waals surface area contributed by atoms with Gasteiger partial charge in [-0.15, -0.1) is 36.8 Å². The van der Waals surface area contributed by atoms with Gasteiger partial charge in [0.05, 0.1) is 0 Å². The average Bonchev–Trinajstić information content (AvgIpc) is 2.46. The van der Waals surface area contributed by atoms with Gasteiger partial charge in [0.15, 0.2) is 0 Å². The van der Waals surface area contributed by atoms with Crippen molar-refractivity contribution in [1.82, 2.24) is 0 Å². The van der Waals surface area contributed by atoms with E-state index in [0.717, 1.165) is 26.7 Å². The summed E-state index contributed by atoms with van der Waals surface area (Å²) in [5, 5.41) is 58.6. The quantitative estimate of drug-likeness (QED) is 0.112. The monoisotopic (exact) mass is 423 g/mol. The zero-order valence-electron chi connectivity index (χ0n) is 10.9. The molecule has 0 spiro atoms. The van der Waals surface area contributed by atoms with E-state index in [-0.39, 0.29) is 29.6 Å². The van der Waals surface area contributed by atoms with Crippen molar-refractivity contribution in [3.8, 4) is 0 Å². The van der Waals surface area contributed by atoms with Gasteiger partial charge in [-0.05, 0) is 0 Å². The zero-order valence-corrected chi connectivity index (χ0v) is 14.0. The average molecular weight is 423 g/mol. The molecule has 0 bridgehead atoms. The van der Waals surface area contributed by atoms with Crippen LogP contribution >= 0.6 is 0 Å². The summed E-state index contributed by atoms with van der Waals surface area (Å²) in [6, 6.07) is 0. The van der Waals surface area contributed by atoms with E-state index in [2.05, 4.69) is 27.4 Å². The summed E-state index contributed by atoms with van der Waals surface area (Å²) in [7, 11) is 0. The van der Waals surface area contributed by atoms with E-state index in [1.165, 1.54) is 0 Å². The molecule has 0 amide bonds. The summed E-state index contributed by atoms with van der Waals surface area (Å²) < 4.78 is 7.94. The molecule has 143 valence electrons. The van der Waals surface area contributed by atoms with Gasteiger partial charge in [0.25, 0.3) is 5.09 Å². The number of nitrogens with zero attached hydrogens (tertiary/aromatic N) is 6. The topological polar surface area (TPSA) is 395 Å². The van der Waals surface area contributed by atoms with E-state index >= 15 is 0 Å². The van der Waals surface area contributed by atoms with Gasteiger partial charge in [-0.1, -0.05) is 0 Å². The Morgan fingerprint density at radius 2 is 0.708 bits per heavy atom. The Balaban J connectivity index is -0.0000000154. The first-order valence-electron chi connectivity index (χ1n) is 2.86. The molecule has 5 N–H and O–H groups in total. The first kappa shape index (κ1) is 57.9. The van der Waals surface area contributed by atoms with Crippen molar-refractivity contribution in [1.29, 1.82) is 0 Å². The summed E-state index contributed by atoms with van der Waals surface area (Å²) in [6.07, 6.45) is 0. The third-order valence-corrected chi connectivity index (χ3v) is 0. The molecule has 24 heteroatoms. The van der Waals surface area contributed by atoms with E-state index in [0.29, 0.717) is 0 Å². The fraction of sp³-hybridized carbons (Fsp3) is 0. The number of rotatable bonds is 0. The van der Waals surface area contributed by atoms with Crippen molar-refractivity contribution in [3.05, 3.63) is 60.7 Å². The Kier molecular flexibility index (Phi) is 632. The molecule has 0 radical (unpaired) electrons. The predicted molar refractivity (Wildman–Crippen MR) is 63.7 cm³/mol. The van der Waals surface area contributed by atoms with Crippen molar-refractivity contribution in [2.75, 3.05) is 0 Å². The molecule has 24 heavy (non-hydrogen) atoms. The Morgan fingerprint density at radius 1 is 0.708 bits per heavy atom. The van der Waals surface area contributed by atoms with Gasteiger partial charge in [-0.2, -0.15) is 0 Å². The molecular formula is H5CoN8NaO14-4. The SMILES string of the molecule is NN.O=N[O-].O=N[O-].O=N[O-].O=N[O-].O=N[O-].O=[N+]([O-])O.[Na+].[O]=[Co]. The second-order valence-corrected chi connectivity index (χ2v) is 0.611. The van der Waals surface area contributed by atoms with Crippen LogP contribution in [0.15, 0.2) is 26.7 Å². The first-order valence-corrected chi connectivity index (χ1v) is 3.29. The van der Waals surface area contributed by atoms with Gasteiger partial charge >= 0.3 is 49.1 Å². The molecule has 0 atom stereocenters. The molecule has 0 saturated heterocycles. The normalized spacial score (nSPS) is 3.96. The molecule has 0 aliphatic carbocycles. The van der Waals surface area contributed by atoms with Crippen molar-refractivity contribution >= 4 is 0 Å². The maximum atomic E-state index is 8.36. The molecule has 0 fully saturated rings. The van der Waals surface area contributed by atoms with Crippen molar-refractivity contribution < 1.29 is 59.4 Å². The summed E-state index contributed by atoms with van der Waals surface area (Å²) in [4.78, 5) is 48.4. The van der Waals surface area contributed by atoms with Crippen molar-refractivity contribution in [2.45, 2.75) is 0 Å². The van der Waals surface area contributed by atoms with Crippen LogP contribution in [0.25, 0.3) is 0 Å². The van der Waals surface area contributed by atoms with E-state index in [9.17, 15) is 0 Å². The Morgan fingerprint density at radius 3 is 0.708 bits per heavy atom. The number of hydrazine groups is 1. The summed E-state index contributed by atoms with van der Waals surface area (Å²) in [6.45, 7) is 0. The second kappa shape index (κ2) is 262. The van der Waals surface area contributed by atoms with Crippen LogP contribution in [0.5, 0.6) is 0 Å². The Hall–Kier alpha value is -2.57. The molecule has 22 nitrogen and oxygen atoms in total. The van der Waals surface area contributed by atoms with Gasteiger partial charge in [0.2, 0.25) is 0 Å². The second-order valence-electron chi connectivity index (χ2n) is 0.611. The van der Waals surface area contributed by atoms with Crippen LogP contribution in [0.3, 0.4) is 0 Å². The molecule has 0 heterocycles. The standard InChI is InChI=1S/Co.H4N2.HNO3.5HNO2.Na.O/c;1-2;2-1(3)4;5*2-1-3;;/h;1-2H2;(H,2,3,4);5*(H,2,3);;/q;;;;;;;;+1;/p-5. The molecule has 0 rings (SSSR count). The number of hydrogen-bond donors (Lipinski definition) is 3. The Bertz CT molecular complexity index is 176. The molecule has 0 aromatic rings. The minimum atomic E-state index is -1.50. The maximum absolute atomic E-state index is 8.36. The van der Waals surface area contributed by atoms with Gasteiger partial charge < -0.3 is 55.8 Å². The van der Waals surface area contributed by atoms with Gasteiger partial charge in [-0.25, -0.2) is 0 Å². The minimum absolute atomic E-state index is 0. The Labute approximate surface area is 158 Å². The van der Waals surface area contributed by atoms with E-state index < -0.39 is 5.09 Å². The summed E-state index contributed by atoms with van der Waals surface area (Å²) in [5.41, 5.74) is 0. The van der Waals surface area contributed by atoms with E-state index in [4.69, 9.17) is 69.8 Å². The molecule has 0 aliphatic rings. The molecule has 0 unspecified atom stereocenters. The fourth-order valence-corrected chi connectivity index (χ4v) is 0. The predicted octanol–water partition coefficient (Wildman–Crippen LogP) is -3.39. The molecule has 0 aromatic heterocycles. The fourth-order valence-electron chi connectivity index (χ4n) is 0. The van der Waals surface area contributed by atoms with Crippen molar-refractivity contribution in [3.63, 3.8) is 0 Å². The molecular weight excluding hydrogens is 418 g/mol. The number of hydrogen-bond acceptors (Lipinski definition) is 20. The van der Waals surface area contributed by atoms with Crippen LogP contribution in [0, 0.1) is 60.7 Å². The van der Waals surface area contributed by atoms with Gasteiger partial charge in [0.1, 0.15) is 0 Å². The molecule has 0 saturated carbocycles. The molecule has 0 aliphatic heterocycles. The first-order chi connectivity index (χ1) is 10.8. The van der Waals surface area contributed by atoms with Crippen LogP contribution in [0.4, 0.5) is 0 Å². The summed E-state index contributed by atoms with van der Waals surface area (Å²) in [5.74, 6) is 8.00.